The van der Waals surface area contributed by atoms with Crippen LogP contribution in [0.1, 0.15) is 23.5 Å². The normalized spacial score (nSPS) is 12.1. The third-order valence-electron chi connectivity index (χ3n) is 3.77. The molecule has 0 saturated heterocycles. The van der Waals surface area contributed by atoms with Gasteiger partial charge in [0.15, 0.2) is 0 Å². The second-order valence-corrected chi connectivity index (χ2v) is 7.68. The molecule has 1 N–H and O–H groups in total. The molecule has 0 aliphatic carbocycles. The van der Waals surface area contributed by atoms with Crippen LogP contribution in [0.2, 0.25) is 0 Å². The lowest BCUT2D eigenvalue weighted by Crippen LogP contribution is -2.38. The zero-order valence-corrected chi connectivity index (χ0v) is 15.9. The van der Waals surface area contributed by atoms with Crippen molar-refractivity contribution in [2.24, 2.45) is 0 Å². The number of aromatic nitrogens is 1. The first-order valence-electron chi connectivity index (χ1n) is 7.64. The predicted molar refractivity (Wildman–Crippen MR) is 102 cm³/mol. The van der Waals surface area contributed by atoms with E-state index in [0.29, 0.717) is 6.54 Å². The van der Waals surface area contributed by atoms with Gasteiger partial charge in [-0.25, -0.2) is 9.78 Å². The van der Waals surface area contributed by atoms with Crippen LogP contribution in [0.3, 0.4) is 0 Å². The summed E-state index contributed by atoms with van der Waals surface area (Å²) in [4.78, 5) is 18.6. The fourth-order valence-corrected chi connectivity index (χ4v) is 3.68. The molecule has 1 heterocycles. The van der Waals surface area contributed by atoms with Gasteiger partial charge in [0, 0.05) is 11.5 Å². The Morgan fingerprint density at radius 1 is 1.25 bits per heavy atom. The van der Waals surface area contributed by atoms with Gasteiger partial charge in [0.25, 0.3) is 0 Å². The standard InChI is InChI=1S/C18H18BrN3OS/c1-12(13-7-9-14(19)10-8-13)20-18(23)22(2)11-17-21-15-5-3-4-6-16(15)24-17/h3-10,12H,11H2,1-2H3,(H,20,23). The van der Waals surface area contributed by atoms with Gasteiger partial charge in [-0.15, -0.1) is 11.3 Å². The van der Waals surface area contributed by atoms with E-state index in [-0.39, 0.29) is 12.1 Å². The molecular weight excluding hydrogens is 386 g/mol. The lowest BCUT2D eigenvalue weighted by atomic mass is 10.1. The highest BCUT2D eigenvalue weighted by Gasteiger charge is 2.15. The Labute approximate surface area is 153 Å². The molecule has 0 radical (unpaired) electrons. The Morgan fingerprint density at radius 3 is 2.67 bits per heavy atom. The maximum absolute atomic E-state index is 12.4. The maximum atomic E-state index is 12.4. The number of hydrogen-bond donors (Lipinski definition) is 1. The maximum Gasteiger partial charge on any atom is 0.317 e. The van der Waals surface area contributed by atoms with E-state index < -0.39 is 0 Å². The van der Waals surface area contributed by atoms with Crippen molar-refractivity contribution in [2.75, 3.05) is 7.05 Å². The van der Waals surface area contributed by atoms with Crippen molar-refractivity contribution in [3.63, 3.8) is 0 Å². The van der Waals surface area contributed by atoms with Crippen LogP contribution >= 0.6 is 27.3 Å². The SMILES string of the molecule is CC(NC(=O)N(C)Cc1nc2ccccc2s1)c1ccc(Br)cc1. The van der Waals surface area contributed by atoms with Crippen molar-refractivity contribution in [3.8, 4) is 0 Å². The molecule has 1 aromatic heterocycles. The molecule has 0 aliphatic rings. The molecule has 3 aromatic rings. The summed E-state index contributed by atoms with van der Waals surface area (Å²) >= 11 is 5.04. The third kappa shape index (κ3) is 3.94. The van der Waals surface area contributed by atoms with Gasteiger partial charge in [0.1, 0.15) is 5.01 Å². The van der Waals surface area contributed by atoms with Crippen LogP contribution in [0.15, 0.2) is 53.0 Å². The Hall–Kier alpha value is -1.92. The second-order valence-electron chi connectivity index (χ2n) is 5.65. The summed E-state index contributed by atoms with van der Waals surface area (Å²) < 4.78 is 2.17. The number of halogens is 1. The first kappa shape index (κ1) is 16.9. The number of thiazole rings is 1. The number of urea groups is 1. The van der Waals surface area contributed by atoms with E-state index in [1.807, 2.05) is 55.5 Å². The molecule has 0 aliphatic heterocycles. The molecule has 124 valence electrons. The number of hydrogen-bond acceptors (Lipinski definition) is 3. The largest absolute Gasteiger partial charge is 0.331 e. The van der Waals surface area contributed by atoms with E-state index in [9.17, 15) is 4.79 Å². The van der Waals surface area contributed by atoms with Crippen molar-refractivity contribution < 1.29 is 4.79 Å². The van der Waals surface area contributed by atoms with Gasteiger partial charge in [-0.1, -0.05) is 40.2 Å². The zero-order valence-electron chi connectivity index (χ0n) is 13.5. The Balaban J connectivity index is 1.62. The van der Waals surface area contributed by atoms with Crippen LogP contribution in [0.4, 0.5) is 4.79 Å². The fraction of sp³-hybridized carbons (Fsp3) is 0.222. The molecule has 0 spiro atoms. The molecule has 1 unspecified atom stereocenters. The molecule has 0 fully saturated rings. The van der Waals surface area contributed by atoms with Crippen molar-refractivity contribution in [3.05, 3.63) is 63.6 Å². The van der Waals surface area contributed by atoms with E-state index in [0.717, 1.165) is 25.3 Å². The average Bonchev–Trinajstić information content (AvgIpc) is 2.97. The van der Waals surface area contributed by atoms with Crippen molar-refractivity contribution in [2.45, 2.75) is 19.5 Å². The molecule has 4 nitrogen and oxygen atoms in total. The van der Waals surface area contributed by atoms with E-state index in [4.69, 9.17) is 0 Å². The highest BCUT2D eigenvalue weighted by molar-refractivity contribution is 9.10. The first-order chi connectivity index (χ1) is 11.5. The number of fused-ring (bicyclic) bond motifs is 1. The van der Waals surface area contributed by atoms with Crippen molar-refractivity contribution >= 4 is 43.5 Å². The molecule has 2 aromatic carbocycles. The van der Waals surface area contributed by atoms with E-state index in [2.05, 4.69) is 26.2 Å². The van der Waals surface area contributed by atoms with Crippen LogP contribution in [-0.4, -0.2) is 23.0 Å². The number of carbonyl (C=O) groups is 1. The molecule has 0 saturated carbocycles. The summed E-state index contributed by atoms with van der Waals surface area (Å²) in [5, 5.41) is 3.95. The summed E-state index contributed by atoms with van der Waals surface area (Å²) in [7, 11) is 1.79. The first-order valence-corrected chi connectivity index (χ1v) is 9.25. The van der Waals surface area contributed by atoms with Gasteiger partial charge in [-0.3, -0.25) is 0 Å². The Morgan fingerprint density at radius 2 is 1.96 bits per heavy atom. The number of benzene rings is 2. The van der Waals surface area contributed by atoms with Crippen LogP contribution < -0.4 is 5.32 Å². The van der Waals surface area contributed by atoms with Crippen LogP contribution in [0.25, 0.3) is 10.2 Å². The molecule has 1 atom stereocenters. The number of amides is 2. The summed E-state index contributed by atoms with van der Waals surface area (Å²) in [5.74, 6) is 0. The van der Waals surface area contributed by atoms with Gasteiger partial charge < -0.3 is 10.2 Å². The monoisotopic (exact) mass is 403 g/mol. The quantitative estimate of drug-likeness (QED) is 0.668. The number of para-hydroxylation sites is 1. The summed E-state index contributed by atoms with van der Waals surface area (Å²) in [5.41, 5.74) is 2.05. The van der Waals surface area contributed by atoms with Gasteiger partial charge >= 0.3 is 6.03 Å². The lowest BCUT2D eigenvalue weighted by molar-refractivity contribution is 0.203. The van der Waals surface area contributed by atoms with Crippen LogP contribution in [-0.2, 0) is 6.54 Å². The summed E-state index contributed by atoms with van der Waals surface area (Å²) in [6.07, 6.45) is 0. The van der Waals surface area contributed by atoms with Gasteiger partial charge in [-0.2, -0.15) is 0 Å². The highest BCUT2D eigenvalue weighted by Crippen LogP contribution is 2.22. The van der Waals surface area contributed by atoms with E-state index >= 15 is 0 Å². The average molecular weight is 404 g/mol. The minimum Gasteiger partial charge on any atom is -0.331 e. The molecule has 3 rings (SSSR count). The molecular formula is C18H18BrN3OS. The van der Waals surface area contributed by atoms with Crippen molar-refractivity contribution in [1.82, 2.24) is 15.2 Å². The minimum absolute atomic E-state index is 0.0524. The number of carbonyl (C=O) groups excluding carboxylic acids is 1. The molecule has 2 amide bonds. The lowest BCUT2D eigenvalue weighted by Gasteiger charge is -2.21. The third-order valence-corrected chi connectivity index (χ3v) is 5.32. The van der Waals surface area contributed by atoms with Gasteiger partial charge in [0.2, 0.25) is 0 Å². The smallest absolute Gasteiger partial charge is 0.317 e. The second kappa shape index (κ2) is 7.32. The predicted octanol–water partition coefficient (Wildman–Crippen LogP) is 4.96. The Kier molecular flexibility index (Phi) is 5.16. The van der Waals surface area contributed by atoms with E-state index in [1.165, 1.54) is 0 Å². The van der Waals surface area contributed by atoms with Crippen LogP contribution in [0, 0.1) is 0 Å². The number of nitrogens with zero attached hydrogens (tertiary/aromatic N) is 2. The summed E-state index contributed by atoms with van der Waals surface area (Å²) in [6.45, 7) is 2.48. The molecule has 24 heavy (non-hydrogen) atoms. The number of nitrogens with one attached hydrogen (secondary N) is 1. The van der Waals surface area contributed by atoms with E-state index in [1.54, 1.807) is 23.3 Å². The zero-order chi connectivity index (χ0) is 17.1. The van der Waals surface area contributed by atoms with Gasteiger partial charge in [-0.05, 0) is 36.8 Å². The van der Waals surface area contributed by atoms with Crippen LogP contribution in [0.5, 0.6) is 0 Å². The fourth-order valence-electron chi connectivity index (χ4n) is 2.39. The van der Waals surface area contributed by atoms with Crippen molar-refractivity contribution in [1.29, 1.82) is 0 Å². The molecule has 6 heteroatoms. The summed E-state index contributed by atoms with van der Waals surface area (Å²) in [6, 6.07) is 15.8. The highest BCUT2D eigenvalue weighted by atomic mass is 79.9. The Bertz CT molecular complexity index is 814. The molecule has 0 bridgehead atoms. The van der Waals surface area contributed by atoms with Gasteiger partial charge in [0.05, 0.1) is 22.8 Å². The minimum atomic E-state index is -0.107. The number of rotatable bonds is 4. The topological polar surface area (TPSA) is 45.2 Å².